The van der Waals surface area contributed by atoms with E-state index in [2.05, 4.69) is 0 Å². The number of allylic oxidation sites excluding steroid dienone is 1. The van der Waals surface area contributed by atoms with E-state index in [0.717, 1.165) is 51.4 Å². The van der Waals surface area contributed by atoms with Gasteiger partial charge in [-0.1, -0.05) is 17.2 Å². The van der Waals surface area contributed by atoms with Crippen molar-refractivity contribution in [3.63, 3.8) is 0 Å². The molecule has 2 heteroatoms. The highest BCUT2D eigenvalue weighted by Crippen LogP contribution is 2.19. The van der Waals surface area contributed by atoms with Gasteiger partial charge in [-0.3, -0.25) is 4.79 Å². The quantitative estimate of drug-likeness (QED) is 0.581. The first kappa shape index (κ1) is 10.8. The summed E-state index contributed by atoms with van der Waals surface area (Å²) in [6, 6.07) is 0. The van der Waals surface area contributed by atoms with Crippen LogP contribution in [0.4, 0.5) is 0 Å². The molecule has 0 unspecified atom stereocenters. The lowest BCUT2D eigenvalue weighted by Crippen LogP contribution is -2.00. The smallest absolute Gasteiger partial charge is 0.132 e. The van der Waals surface area contributed by atoms with Gasteiger partial charge in [0, 0.05) is 18.4 Å². The van der Waals surface area contributed by atoms with E-state index in [9.17, 15) is 4.79 Å². The van der Waals surface area contributed by atoms with Gasteiger partial charge >= 0.3 is 0 Å². The summed E-state index contributed by atoms with van der Waals surface area (Å²) in [5.41, 5.74) is 3.08. The van der Waals surface area contributed by atoms with Crippen LogP contribution in [0.5, 0.6) is 0 Å². The highest BCUT2D eigenvalue weighted by molar-refractivity contribution is 6.25. The van der Waals surface area contributed by atoms with Gasteiger partial charge in [-0.2, -0.15) is 0 Å². The molecule has 1 saturated carbocycles. The standard InChI is InChI=1S/C11H17ClO/c12-9-10-5-1-3-7-11(13)8-4-2-6-10/h9H,1-8H2. The Labute approximate surface area is 85.2 Å². The van der Waals surface area contributed by atoms with E-state index in [0.29, 0.717) is 5.78 Å². The Morgan fingerprint density at radius 1 is 0.923 bits per heavy atom. The van der Waals surface area contributed by atoms with Gasteiger partial charge in [0.05, 0.1) is 0 Å². The van der Waals surface area contributed by atoms with Crippen molar-refractivity contribution in [1.29, 1.82) is 0 Å². The zero-order chi connectivity index (χ0) is 9.52. The zero-order valence-electron chi connectivity index (χ0n) is 8.02. The molecule has 0 spiro atoms. The number of carbonyl (C=O) groups excluding carboxylic acids is 1. The number of hydrogen-bond donors (Lipinski definition) is 0. The molecule has 13 heavy (non-hydrogen) atoms. The third-order valence-corrected chi connectivity index (χ3v) is 2.87. The molecule has 74 valence electrons. The van der Waals surface area contributed by atoms with Gasteiger partial charge in [-0.05, 0) is 38.5 Å². The molecule has 1 aliphatic rings. The van der Waals surface area contributed by atoms with Crippen molar-refractivity contribution in [3.05, 3.63) is 11.1 Å². The Bertz CT molecular complexity index is 180. The first-order valence-corrected chi connectivity index (χ1v) is 5.56. The van der Waals surface area contributed by atoms with Crippen molar-refractivity contribution in [1.82, 2.24) is 0 Å². The first-order chi connectivity index (χ1) is 6.33. The minimum atomic E-state index is 0.443. The molecule has 0 N–H and O–H groups in total. The van der Waals surface area contributed by atoms with Crippen molar-refractivity contribution in [2.75, 3.05) is 0 Å². The number of hydrogen-bond acceptors (Lipinski definition) is 1. The summed E-state index contributed by atoms with van der Waals surface area (Å²) in [5, 5.41) is 0. The molecule has 0 atom stereocenters. The number of rotatable bonds is 0. The number of halogens is 1. The van der Waals surface area contributed by atoms with Crippen LogP contribution in [0, 0.1) is 0 Å². The second kappa shape index (κ2) is 6.20. The molecule has 0 aromatic carbocycles. The van der Waals surface area contributed by atoms with Crippen molar-refractivity contribution in [3.8, 4) is 0 Å². The average Bonchev–Trinajstić information content (AvgIpc) is 2.16. The normalized spacial score (nSPS) is 21.3. The maximum atomic E-state index is 11.2. The molecule has 0 radical (unpaired) electrons. The van der Waals surface area contributed by atoms with Gasteiger partial charge in [-0.15, -0.1) is 0 Å². The predicted molar refractivity (Wildman–Crippen MR) is 55.9 cm³/mol. The maximum absolute atomic E-state index is 11.2. The van der Waals surface area contributed by atoms with E-state index in [-0.39, 0.29) is 0 Å². The molecule has 0 heterocycles. The summed E-state index contributed by atoms with van der Waals surface area (Å²) in [4.78, 5) is 11.2. The second-order valence-electron chi connectivity index (χ2n) is 3.72. The number of carbonyl (C=O) groups is 1. The van der Waals surface area contributed by atoms with E-state index in [4.69, 9.17) is 11.6 Å². The van der Waals surface area contributed by atoms with Gasteiger partial charge in [0.25, 0.3) is 0 Å². The lowest BCUT2D eigenvalue weighted by atomic mass is 9.97. The van der Waals surface area contributed by atoms with E-state index >= 15 is 0 Å². The van der Waals surface area contributed by atoms with E-state index in [1.165, 1.54) is 5.57 Å². The molecule has 0 bridgehead atoms. The van der Waals surface area contributed by atoms with Crippen LogP contribution < -0.4 is 0 Å². The number of Topliss-reactive ketones (excluding diaryl/α,β-unsaturated/α-hetero) is 1. The van der Waals surface area contributed by atoms with Crippen LogP contribution >= 0.6 is 11.6 Å². The highest BCUT2D eigenvalue weighted by atomic mass is 35.5. The Morgan fingerprint density at radius 3 is 1.85 bits per heavy atom. The molecular weight excluding hydrogens is 184 g/mol. The van der Waals surface area contributed by atoms with Gasteiger partial charge in [0.1, 0.15) is 5.78 Å². The predicted octanol–water partition coefficient (Wildman–Crippen LogP) is 3.81. The largest absolute Gasteiger partial charge is 0.300 e. The molecule has 0 aromatic rings. The molecule has 1 nitrogen and oxygen atoms in total. The molecule has 1 rings (SSSR count). The highest BCUT2D eigenvalue weighted by Gasteiger charge is 2.06. The summed E-state index contributed by atoms with van der Waals surface area (Å²) in [6.45, 7) is 0. The van der Waals surface area contributed by atoms with Crippen LogP contribution in [0.3, 0.4) is 0 Å². The summed E-state index contributed by atoms with van der Waals surface area (Å²) >= 11 is 5.70. The van der Waals surface area contributed by atoms with E-state index in [1.54, 1.807) is 5.54 Å². The van der Waals surface area contributed by atoms with Crippen molar-refractivity contribution in [2.24, 2.45) is 0 Å². The van der Waals surface area contributed by atoms with Crippen LogP contribution in [0.1, 0.15) is 51.4 Å². The van der Waals surface area contributed by atoms with E-state index < -0.39 is 0 Å². The SMILES string of the molecule is O=C1CCCCC(=CCl)CCCC1. The average molecular weight is 201 g/mol. The minimum Gasteiger partial charge on any atom is -0.300 e. The van der Waals surface area contributed by atoms with Gasteiger partial charge < -0.3 is 0 Å². The fourth-order valence-electron chi connectivity index (χ4n) is 1.71. The fraction of sp³-hybridized carbons (Fsp3) is 0.727. The third-order valence-electron chi connectivity index (χ3n) is 2.56. The zero-order valence-corrected chi connectivity index (χ0v) is 8.78. The Balaban J connectivity index is 2.36. The maximum Gasteiger partial charge on any atom is 0.132 e. The first-order valence-electron chi connectivity index (χ1n) is 5.13. The minimum absolute atomic E-state index is 0.443. The van der Waals surface area contributed by atoms with Crippen LogP contribution in [-0.4, -0.2) is 5.78 Å². The van der Waals surface area contributed by atoms with Crippen LogP contribution in [0.15, 0.2) is 11.1 Å². The Hall–Kier alpha value is -0.300. The topological polar surface area (TPSA) is 17.1 Å². The van der Waals surface area contributed by atoms with Crippen LogP contribution in [0.2, 0.25) is 0 Å². The van der Waals surface area contributed by atoms with Gasteiger partial charge in [0.15, 0.2) is 0 Å². The Morgan fingerprint density at radius 2 is 1.38 bits per heavy atom. The van der Waals surface area contributed by atoms with E-state index in [1.807, 2.05) is 0 Å². The molecule has 1 aliphatic carbocycles. The third kappa shape index (κ3) is 4.47. The fourth-order valence-corrected chi connectivity index (χ4v) is 1.93. The molecular formula is C11H17ClO. The summed E-state index contributed by atoms with van der Waals surface area (Å²) in [5.74, 6) is 0.443. The number of ketones is 1. The molecule has 0 aliphatic heterocycles. The summed E-state index contributed by atoms with van der Waals surface area (Å²) in [7, 11) is 0. The second-order valence-corrected chi connectivity index (χ2v) is 3.94. The van der Waals surface area contributed by atoms with Gasteiger partial charge in [-0.25, -0.2) is 0 Å². The molecule has 0 amide bonds. The lowest BCUT2D eigenvalue weighted by Gasteiger charge is -2.09. The molecule has 0 aromatic heterocycles. The van der Waals surface area contributed by atoms with Crippen molar-refractivity contribution < 1.29 is 4.79 Å². The summed E-state index contributed by atoms with van der Waals surface area (Å²) in [6.07, 6.45) is 8.01. The Kier molecular flexibility index (Phi) is 5.14. The molecule has 0 saturated heterocycles. The van der Waals surface area contributed by atoms with Crippen LogP contribution in [-0.2, 0) is 4.79 Å². The monoisotopic (exact) mass is 200 g/mol. The molecule has 1 fully saturated rings. The van der Waals surface area contributed by atoms with Crippen molar-refractivity contribution in [2.45, 2.75) is 51.4 Å². The van der Waals surface area contributed by atoms with Gasteiger partial charge in [0.2, 0.25) is 0 Å². The lowest BCUT2D eigenvalue weighted by molar-refractivity contribution is -0.119. The summed E-state index contributed by atoms with van der Waals surface area (Å²) < 4.78 is 0. The van der Waals surface area contributed by atoms with Crippen LogP contribution in [0.25, 0.3) is 0 Å². The van der Waals surface area contributed by atoms with Crippen molar-refractivity contribution >= 4 is 17.4 Å².